The largest absolute Gasteiger partial charge is 0.488 e. The minimum Gasteiger partial charge on any atom is -0.488 e. The van der Waals surface area contributed by atoms with Crippen LogP contribution in [-0.2, 0) is 11.4 Å². The molecule has 31 heavy (non-hydrogen) atoms. The summed E-state index contributed by atoms with van der Waals surface area (Å²) in [6.45, 7) is 0.275. The van der Waals surface area contributed by atoms with Crippen molar-refractivity contribution in [2.75, 3.05) is 6.61 Å². The minimum atomic E-state index is -0.530. The first-order valence-corrected chi connectivity index (χ1v) is 10.2. The fraction of sp³-hybridized carbons (Fsp3) is 0.0870. The third kappa shape index (κ3) is 5.29. The van der Waals surface area contributed by atoms with Crippen LogP contribution in [-0.4, -0.2) is 22.7 Å². The molecule has 0 saturated carbocycles. The average molecular weight is 480 g/mol. The Bertz CT molecular complexity index is 1170. The molecule has 2 N–H and O–H groups in total. The van der Waals surface area contributed by atoms with Crippen LogP contribution in [0, 0.1) is 0 Å². The Balaban J connectivity index is 1.40. The number of nitrogens with zero attached hydrogens (tertiary/aromatic N) is 2. The van der Waals surface area contributed by atoms with Crippen molar-refractivity contribution in [2.24, 2.45) is 5.73 Å². The average Bonchev–Trinajstić information content (AvgIpc) is 3.28. The topological polar surface area (TPSA) is 100 Å². The number of carbonyl (C=O) groups excluding carboxylic acids is 1. The van der Waals surface area contributed by atoms with Crippen molar-refractivity contribution in [3.05, 3.63) is 82.8 Å². The van der Waals surface area contributed by atoms with Crippen LogP contribution >= 0.6 is 15.9 Å². The second-order valence-corrected chi connectivity index (χ2v) is 7.47. The normalized spacial score (nSPS) is 10.6. The van der Waals surface area contributed by atoms with Crippen molar-refractivity contribution < 1.29 is 18.8 Å². The van der Waals surface area contributed by atoms with Crippen LogP contribution in [0.1, 0.15) is 5.56 Å². The Morgan fingerprint density at radius 3 is 2.35 bits per heavy atom. The number of aromatic nitrogens is 2. The third-order valence-electron chi connectivity index (χ3n) is 4.35. The second kappa shape index (κ2) is 9.44. The molecule has 0 aliphatic heterocycles. The van der Waals surface area contributed by atoms with Gasteiger partial charge in [0.1, 0.15) is 18.1 Å². The van der Waals surface area contributed by atoms with E-state index in [1.807, 2.05) is 48.5 Å². The Hall–Kier alpha value is -3.65. The Labute approximate surface area is 186 Å². The lowest BCUT2D eigenvalue weighted by atomic mass is 10.1. The molecule has 156 valence electrons. The van der Waals surface area contributed by atoms with E-state index in [1.165, 1.54) is 0 Å². The van der Waals surface area contributed by atoms with Crippen molar-refractivity contribution in [1.29, 1.82) is 0 Å². The second-order valence-electron chi connectivity index (χ2n) is 6.62. The van der Waals surface area contributed by atoms with Gasteiger partial charge in [-0.05, 0) is 70.0 Å². The number of hydrogen-bond acceptors (Lipinski definition) is 6. The number of carbonyl (C=O) groups is 1. The SMILES string of the molecule is NC(=O)COc1ccc(-c2noc(-c3ccc(COc4ccccc4Br)cc3)n2)cc1. The highest BCUT2D eigenvalue weighted by Crippen LogP contribution is 2.26. The predicted octanol–water partition coefficient (Wildman–Crippen LogP) is 4.61. The molecule has 1 heterocycles. The van der Waals surface area contributed by atoms with Gasteiger partial charge in [0.05, 0.1) is 4.47 Å². The van der Waals surface area contributed by atoms with Crippen molar-refractivity contribution >= 4 is 21.8 Å². The number of hydrogen-bond donors (Lipinski definition) is 1. The summed E-state index contributed by atoms with van der Waals surface area (Å²) in [6, 6.07) is 22.5. The Morgan fingerprint density at radius 1 is 0.935 bits per heavy atom. The van der Waals surface area contributed by atoms with Crippen molar-refractivity contribution in [3.63, 3.8) is 0 Å². The fourth-order valence-electron chi connectivity index (χ4n) is 2.78. The minimum absolute atomic E-state index is 0.171. The molecule has 0 atom stereocenters. The number of benzene rings is 3. The van der Waals surface area contributed by atoms with Crippen molar-refractivity contribution in [3.8, 4) is 34.3 Å². The zero-order chi connectivity index (χ0) is 21.6. The Morgan fingerprint density at radius 2 is 1.65 bits per heavy atom. The van der Waals surface area contributed by atoms with E-state index in [0.29, 0.717) is 24.1 Å². The first-order valence-electron chi connectivity index (χ1n) is 9.40. The number of amides is 1. The fourth-order valence-corrected chi connectivity index (χ4v) is 3.18. The maximum absolute atomic E-state index is 10.8. The lowest BCUT2D eigenvalue weighted by Crippen LogP contribution is -2.19. The van der Waals surface area contributed by atoms with Gasteiger partial charge >= 0.3 is 0 Å². The maximum Gasteiger partial charge on any atom is 0.258 e. The molecule has 4 aromatic rings. The predicted molar refractivity (Wildman–Crippen MR) is 118 cm³/mol. The number of nitrogens with two attached hydrogens (primary N) is 1. The third-order valence-corrected chi connectivity index (χ3v) is 5.01. The molecule has 0 aliphatic rings. The highest BCUT2D eigenvalue weighted by molar-refractivity contribution is 9.10. The zero-order valence-electron chi connectivity index (χ0n) is 16.3. The first-order chi connectivity index (χ1) is 15.1. The quantitative estimate of drug-likeness (QED) is 0.396. The molecule has 0 fully saturated rings. The molecule has 8 heteroatoms. The van der Waals surface area contributed by atoms with Gasteiger partial charge in [-0.15, -0.1) is 0 Å². The van der Waals surface area contributed by atoms with E-state index in [-0.39, 0.29) is 6.61 Å². The molecular weight excluding hydrogens is 462 g/mol. The monoisotopic (exact) mass is 479 g/mol. The molecule has 0 unspecified atom stereocenters. The highest BCUT2D eigenvalue weighted by atomic mass is 79.9. The summed E-state index contributed by atoms with van der Waals surface area (Å²) in [5.74, 6) is 1.67. The zero-order valence-corrected chi connectivity index (χ0v) is 17.9. The molecule has 0 radical (unpaired) electrons. The van der Waals surface area contributed by atoms with Crippen molar-refractivity contribution in [2.45, 2.75) is 6.61 Å². The molecule has 0 spiro atoms. The van der Waals surface area contributed by atoms with E-state index >= 15 is 0 Å². The van der Waals surface area contributed by atoms with E-state index in [1.54, 1.807) is 24.3 Å². The molecule has 4 rings (SSSR count). The summed E-state index contributed by atoms with van der Waals surface area (Å²) in [7, 11) is 0. The first kappa shape index (κ1) is 20.6. The van der Waals surface area contributed by atoms with E-state index in [4.69, 9.17) is 19.7 Å². The van der Waals surface area contributed by atoms with Crippen LogP contribution < -0.4 is 15.2 Å². The molecular formula is C23H18BrN3O4. The standard InChI is InChI=1S/C23H18BrN3O4/c24-19-3-1-2-4-20(19)30-13-15-5-7-17(8-6-15)23-26-22(27-31-23)16-9-11-18(12-10-16)29-14-21(25)28/h1-12H,13-14H2,(H2,25,28). The van der Waals surface area contributed by atoms with E-state index < -0.39 is 5.91 Å². The Kier molecular flexibility index (Phi) is 6.28. The molecule has 0 aliphatic carbocycles. The summed E-state index contributed by atoms with van der Waals surface area (Å²) >= 11 is 3.47. The van der Waals surface area contributed by atoms with Gasteiger partial charge in [-0.1, -0.05) is 29.4 Å². The van der Waals surface area contributed by atoms with Crippen LogP contribution in [0.15, 0.2) is 81.8 Å². The molecule has 0 bridgehead atoms. The number of ether oxygens (including phenoxy) is 2. The number of halogens is 1. The molecule has 1 aromatic heterocycles. The van der Waals surface area contributed by atoms with Crippen LogP contribution in [0.2, 0.25) is 0 Å². The summed E-state index contributed by atoms with van der Waals surface area (Å²) in [5, 5.41) is 4.04. The van der Waals surface area contributed by atoms with Crippen LogP contribution in [0.5, 0.6) is 11.5 Å². The summed E-state index contributed by atoms with van der Waals surface area (Å²) in [5.41, 5.74) is 7.67. The van der Waals surface area contributed by atoms with Gasteiger partial charge in [0.15, 0.2) is 6.61 Å². The maximum atomic E-state index is 10.8. The van der Waals surface area contributed by atoms with Crippen LogP contribution in [0.4, 0.5) is 0 Å². The number of para-hydroxylation sites is 1. The number of rotatable bonds is 8. The summed E-state index contributed by atoms with van der Waals surface area (Å²) in [6.07, 6.45) is 0. The van der Waals surface area contributed by atoms with Crippen LogP contribution in [0.25, 0.3) is 22.8 Å². The van der Waals surface area contributed by atoms with Gasteiger partial charge in [-0.25, -0.2) is 0 Å². The summed E-state index contributed by atoms with van der Waals surface area (Å²) < 4.78 is 17.4. The van der Waals surface area contributed by atoms with E-state index in [2.05, 4.69) is 26.1 Å². The van der Waals surface area contributed by atoms with E-state index in [9.17, 15) is 4.79 Å². The van der Waals surface area contributed by atoms with Gasteiger partial charge in [-0.3, -0.25) is 4.79 Å². The van der Waals surface area contributed by atoms with Gasteiger partial charge in [0.25, 0.3) is 11.8 Å². The molecule has 3 aromatic carbocycles. The van der Waals surface area contributed by atoms with Gasteiger partial charge < -0.3 is 19.7 Å². The molecule has 7 nitrogen and oxygen atoms in total. The lowest BCUT2D eigenvalue weighted by molar-refractivity contribution is -0.119. The van der Waals surface area contributed by atoms with Gasteiger partial charge in [-0.2, -0.15) is 4.98 Å². The summed E-state index contributed by atoms with van der Waals surface area (Å²) in [4.78, 5) is 15.2. The molecule has 1 amide bonds. The van der Waals surface area contributed by atoms with Gasteiger partial charge in [0.2, 0.25) is 5.82 Å². The smallest absolute Gasteiger partial charge is 0.258 e. The molecule has 0 saturated heterocycles. The van der Waals surface area contributed by atoms with E-state index in [0.717, 1.165) is 26.9 Å². The van der Waals surface area contributed by atoms with Crippen LogP contribution in [0.3, 0.4) is 0 Å². The van der Waals surface area contributed by atoms with Crippen molar-refractivity contribution in [1.82, 2.24) is 10.1 Å². The highest BCUT2D eigenvalue weighted by Gasteiger charge is 2.11. The lowest BCUT2D eigenvalue weighted by Gasteiger charge is -2.08. The van der Waals surface area contributed by atoms with Gasteiger partial charge in [0, 0.05) is 11.1 Å². The number of primary amides is 1.